The minimum atomic E-state index is 0.698. The topological polar surface area (TPSA) is 17.8 Å². The van der Waals surface area contributed by atoms with E-state index in [1.54, 1.807) is 0 Å². The lowest BCUT2D eigenvalue weighted by molar-refractivity contribution is 0.644. The first-order valence-corrected chi connectivity index (χ1v) is 6.70. The Morgan fingerprint density at radius 2 is 2.36 bits per heavy atom. The first kappa shape index (κ1) is 10.7. The van der Waals surface area contributed by atoms with Gasteiger partial charge in [0, 0.05) is 11.9 Å². The number of halogens is 2. The summed E-state index contributed by atoms with van der Waals surface area (Å²) in [5.74, 6) is 0.932. The first-order chi connectivity index (χ1) is 6.68. The molecule has 1 unspecified atom stereocenters. The molecule has 14 heavy (non-hydrogen) atoms. The van der Waals surface area contributed by atoms with Gasteiger partial charge in [-0.1, -0.05) is 15.9 Å². The van der Waals surface area contributed by atoms with Crippen LogP contribution in [0.2, 0.25) is 0 Å². The van der Waals surface area contributed by atoms with Gasteiger partial charge in [-0.25, -0.2) is 0 Å². The van der Waals surface area contributed by atoms with Crippen LogP contribution in [-0.2, 0) is 13.5 Å². The monoisotopic (exact) mass is 320 g/mol. The largest absolute Gasteiger partial charge is 0.271 e. The predicted octanol–water partition coefficient (Wildman–Crippen LogP) is 3.29. The quantitative estimate of drug-likeness (QED) is 0.778. The van der Waals surface area contributed by atoms with E-state index in [4.69, 9.17) is 0 Å². The molecule has 1 aromatic rings. The fraction of sp³-hybridized carbons (Fsp3) is 0.700. The summed E-state index contributed by atoms with van der Waals surface area (Å²) in [4.78, 5) is 0.698. The van der Waals surface area contributed by atoms with Crippen molar-refractivity contribution >= 4 is 31.9 Å². The molecule has 1 aliphatic carbocycles. The average Bonchev–Trinajstić information content (AvgIpc) is 2.93. The summed E-state index contributed by atoms with van der Waals surface area (Å²) in [6, 6.07) is 0. The van der Waals surface area contributed by atoms with Crippen LogP contribution in [0.1, 0.15) is 25.0 Å². The molecule has 1 saturated carbocycles. The minimum Gasteiger partial charge on any atom is -0.271 e. The summed E-state index contributed by atoms with van der Waals surface area (Å²) in [6.45, 7) is 0. The molecule has 78 valence electrons. The van der Waals surface area contributed by atoms with Crippen molar-refractivity contribution in [1.82, 2.24) is 9.78 Å². The van der Waals surface area contributed by atoms with Gasteiger partial charge in [-0.15, -0.1) is 0 Å². The molecule has 2 nitrogen and oxygen atoms in total. The Balaban J connectivity index is 1.90. The molecule has 0 N–H and O–H groups in total. The molecular weight excluding hydrogens is 308 g/mol. The van der Waals surface area contributed by atoms with Crippen LogP contribution in [0.5, 0.6) is 0 Å². The highest BCUT2D eigenvalue weighted by molar-refractivity contribution is 9.10. The van der Waals surface area contributed by atoms with Gasteiger partial charge in [-0.05, 0) is 47.5 Å². The summed E-state index contributed by atoms with van der Waals surface area (Å²) in [7, 11) is 2.00. The Kier molecular flexibility index (Phi) is 3.32. The molecule has 1 fully saturated rings. The second-order valence-corrected chi connectivity index (χ2v) is 5.99. The van der Waals surface area contributed by atoms with Crippen molar-refractivity contribution in [3.8, 4) is 0 Å². The minimum absolute atomic E-state index is 0.698. The van der Waals surface area contributed by atoms with Gasteiger partial charge in [0.25, 0.3) is 0 Å². The molecule has 0 radical (unpaired) electrons. The highest BCUT2D eigenvalue weighted by atomic mass is 79.9. The maximum absolute atomic E-state index is 4.21. The number of aromatic nitrogens is 2. The maximum atomic E-state index is 4.21. The summed E-state index contributed by atoms with van der Waals surface area (Å²) in [5, 5.41) is 4.21. The summed E-state index contributed by atoms with van der Waals surface area (Å²) < 4.78 is 3.09. The van der Waals surface area contributed by atoms with Crippen molar-refractivity contribution in [2.45, 2.75) is 30.5 Å². The first-order valence-electron chi connectivity index (χ1n) is 4.99. The molecule has 0 bridgehead atoms. The zero-order valence-electron chi connectivity index (χ0n) is 8.21. The molecule has 1 atom stereocenters. The van der Waals surface area contributed by atoms with E-state index in [9.17, 15) is 0 Å². The molecule has 1 heterocycles. The Bertz CT molecular complexity index is 298. The fourth-order valence-corrected chi connectivity index (χ4v) is 2.99. The molecule has 0 amide bonds. The highest BCUT2D eigenvalue weighted by Gasteiger charge is 2.29. The second kappa shape index (κ2) is 4.35. The molecule has 1 aliphatic rings. The van der Waals surface area contributed by atoms with E-state index in [2.05, 4.69) is 37.0 Å². The van der Waals surface area contributed by atoms with E-state index >= 15 is 0 Å². The molecule has 4 heteroatoms. The lowest BCUT2D eigenvalue weighted by atomic mass is 10.1. The van der Waals surface area contributed by atoms with Crippen LogP contribution in [-0.4, -0.2) is 14.6 Å². The second-order valence-electron chi connectivity index (χ2n) is 3.95. The molecule has 2 rings (SSSR count). The Labute approximate surface area is 101 Å². The Hall–Kier alpha value is 0.170. The van der Waals surface area contributed by atoms with Crippen LogP contribution in [0, 0.1) is 5.92 Å². The van der Waals surface area contributed by atoms with Crippen molar-refractivity contribution in [2.75, 3.05) is 0 Å². The van der Waals surface area contributed by atoms with E-state index in [0.717, 1.165) is 16.8 Å². The van der Waals surface area contributed by atoms with E-state index in [1.807, 2.05) is 17.9 Å². The fourth-order valence-electron chi connectivity index (χ4n) is 1.69. The van der Waals surface area contributed by atoms with Gasteiger partial charge in [0.2, 0.25) is 0 Å². The zero-order valence-corrected chi connectivity index (χ0v) is 11.4. The molecule has 0 saturated heterocycles. The third-order valence-corrected chi connectivity index (χ3v) is 4.67. The third-order valence-electron chi connectivity index (χ3n) is 2.80. The normalized spacial score (nSPS) is 18.5. The lowest BCUT2D eigenvalue weighted by Crippen LogP contribution is -2.06. The van der Waals surface area contributed by atoms with Crippen molar-refractivity contribution < 1.29 is 0 Å². The smallest absolute Gasteiger partial charge is 0.0635 e. The Morgan fingerprint density at radius 3 is 2.86 bits per heavy atom. The van der Waals surface area contributed by atoms with Crippen LogP contribution < -0.4 is 0 Å². The van der Waals surface area contributed by atoms with Crippen LogP contribution in [0.25, 0.3) is 0 Å². The number of aryl methyl sites for hydroxylation is 1. The van der Waals surface area contributed by atoms with Crippen molar-refractivity contribution in [2.24, 2.45) is 13.0 Å². The molecule has 0 aliphatic heterocycles. The number of rotatable bonds is 4. The predicted molar refractivity (Wildman–Crippen MR) is 64.7 cm³/mol. The molecule has 0 aromatic carbocycles. The number of hydrogen-bond donors (Lipinski definition) is 0. The Morgan fingerprint density at radius 1 is 1.64 bits per heavy atom. The molecule has 0 spiro atoms. The summed E-state index contributed by atoms with van der Waals surface area (Å²) in [5.41, 5.74) is 1.30. The van der Waals surface area contributed by atoms with Gasteiger partial charge in [-0.2, -0.15) is 5.10 Å². The standard InChI is InChI=1S/C10H14Br2N2/c1-14-10(9(12)6-13-14)5-4-8(11)7-2-3-7/h6-8H,2-5H2,1H3. The van der Waals surface area contributed by atoms with Crippen LogP contribution in [0.3, 0.4) is 0 Å². The van der Waals surface area contributed by atoms with Crippen molar-refractivity contribution in [3.05, 3.63) is 16.4 Å². The van der Waals surface area contributed by atoms with Gasteiger partial charge in [0.15, 0.2) is 0 Å². The SMILES string of the molecule is Cn1ncc(Br)c1CCC(Br)C1CC1. The summed E-state index contributed by atoms with van der Waals surface area (Å²) in [6.07, 6.45) is 6.99. The van der Waals surface area contributed by atoms with E-state index in [0.29, 0.717) is 4.83 Å². The molecule has 1 aromatic heterocycles. The number of alkyl halides is 1. The van der Waals surface area contributed by atoms with Gasteiger partial charge in [0.05, 0.1) is 16.4 Å². The highest BCUT2D eigenvalue weighted by Crippen LogP contribution is 2.38. The van der Waals surface area contributed by atoms with Crippen molar-refractivity contribution in [3.63, 3.8) is 0 Å². The van der Waals surface area contributed by atoms with E-state index in [1.165, 1.54) is 25.0 Å². The van der Waals surface area contributed by atoms with Crippen LogP contribution >= 0.6 is 31.9 Å². The number of nitrogens with zero attached hydrogens (tertiary/aromatic N) is 2. The van der Waals surface area contributed by atoms with Gasteiger partial charge in [0.1, 0.15) is 0 Å². The van der Waals surface area contributed by atoms with E-state index < -0.39 is 0 Å². The average molecular weight is 322 g/mol. The van der Waals surface area contributed by atoms with Crippen LogP contribution in [0.15, 0.2) is 10.7 Å². The van der Waals surface area contributed by atoms with Gasteiger partial charge in [-0.3, -0.25) is 4.68 Å². The molecular formula is C10H14Br2N2. The third kappa shape index (κ3) is 2.40. The van der Waals surface area contributed by atoms with Crippen LogP contribution in [0.4, 0.5) is 0 Å². The lowest BCUT2D eigenvalue weighted by Gasteiger charge is -2.08. The van der Waals surface area contributed by atoms with Gasteiger partial charge < -0.3 is 0 Å². The van der Waals surface area contributed by atoms with Gasteiger partial charge >= 0.3 is 0 Å². The van der Waals surface area contributed by atoms with Crippen molar-refractivity contribution in [1.29, 1.82) is 0 Å². The number of hydrogen-bond acceptors (Lipinski definition) is 1. The maximum Gasteiger partial charge on any atom is 0.0635 e. The summed E-state index contributed by atoms with van der Waals surface area (Å²) >= 11 is 7.28. The zero-order chi connectivity index (χ0) is 10.1. The van der Waals surface area contributed by atoms with E-state index in [-0.39, 0.29) is 0 Å².